The predicted molar refractivity (Wildman–Crippen MR) is 144 cm³/mol. The molecule has 0 aliphatic heterocycles. The predicted octanol–water partition coefficient (Wildman–Crippen LogP) is 9.70. The first-order valence-corrected chi connectivity index (χ1v) is 11.6. The number of H-pyrrole nitrogens is 1. The lowest BCUT2D eigenvalue weighted by Crippen LogP contribution is -1.80. The Morgan fingerprint density at radius 3 is 2.18 bits per heavy atom. The minimum absolute atomic E-state index is 0. The third-order valence-electron chi connectivity index (χ3n) is 6.19. The van der Waals surface area contributed by atoms with Gasteiger partial charge in [-0.25, -0.2) is 0 Å². The van der Waals surface area contributed by atoms with Gasteiger partial charge in [0, 0.05) is 34.1 Å². The number of para-hydroxylation sites is 2. The maximum atomic E-state index is 6.13. The molecule has 2 nitrogen and oxygen atoms in total. The fourth-order valence-corrected chi connectivity index (χ4v) is 4.75. The molecule has 7 rings (SSSR count). The number of hydrogen-bond acceptors (Lipinski definition) is 1. The number of furan rings is 1. The number of rotatable bonds is 1. The van der Waals surface area contributed by atoms with Crippen LogP contribution in [-0.4, -0.2) is 4.98 Å². The first-order chi connectivity index (χ1) is 16.3. The van der Waals surface area contributed by atoms with Gasteiger partial charge in [0.05, 0.1) is 5.52 Å². The Labute approximate surface area is 193 Å². The lowest BCUT2D eigenvalue weighted by molar-refractivity contribution is 0.669. The molecule has 0 atom stereocenters. The van der Waals surface area contributed by atoms with Crippen molar-refractivity contribution in [1.82, 2.24) is 4.98 Å². The van der Waals surface area contributed by atoms with Gasteiger partial charge >= 0.3 is 0 Å². The number of nitrogens with one attached hydrogen (secondary N) is 1. The molecular weight excluding hydrogens is 402 g/mol. The quantitative estimate of drug-likeness (QED) is 0.276. The van der Waals surface area contributed by atoms with Crippen LogP contribution >= 0.6 is 0 Å². The molecule has 5 aromatic carbocycles. The molecule has 2 heteroatoms. The van der Waals surface area contributed by atoms with Gasteiger partial charge in [0.15, 0.2) is 0 Å². The number of hydrogen-bond donors (Lipinski definition) is 1. The second kappa shape index (κ2) is 7.83. The van der Waals surface area contributed by atoms with E-state index in [-0.39, 0.29) is 1.43 Å². The first-order valence-electron chi connectivity index (χ1n) is 11.6. The summed E-state index contributed by atoms with van der Waals surface area (Å²) in [7, 11) is 0. The molecule has 0 saturated heterocycles. The highest BCUT2D eigenvalue weighted by atomic mass is 16.3. The van der Waals surface area contributed by atoms with E-state index in [1.807, 2.05) is 12.1 Å². The zero-order valence-corrected chi connectivity index (χ0v) is 18.9. The largest absolute Gasteiger partial charge is 0.456 e. The molecule has 0 amide bonds. The van der Waals surface area contributed by atoms with Crippen LogP contribution in [0.3, 0.4) is 0 Å². The number of aromatic nitrogens is 1. The zero-order chi connectivity index (χ0) is 22.4. The average molecular weight is 430 g/mol. The summed E-state index contributed by atoms with van der Waals surface area (Å²) in [5, 5.41) is 7.34. The van der Waals surface area contributed by atoms with E-state index < -0.39 is 0 Å². The summed E-state index contributed by atoms with van der Waals surface area (Å²) in [6.07, 6.45) is 1.25. The second-order valence-electron chi connectivity index (χ2n) is 8.61. The SMILES string of the molecule is CCC.[HH].c1ccc2cc3c(cc2c1)[nH]c1c(-c2ccc4c(c2)oc2ccccc24)cccc13. The highest BCUT2D eigenvalue weighted by Crippen LogP contribution is 2.37. The fourth-order valence-electron chi connectivity index (χ4n) is 4.75. The van der Waals surface area contributed by atoms with Crippen molar-refractivity contribution in [3.63, 3.8) is 0 Å². The highest BCUT2D eigenvalue weighted by Gasteiger charge is 2.13. The van der Waals surface area contributed by atoms with Crippen LogP contribution in [0.2, 0.25) is 0 Å². The monoisotopic (exact) mass is 429 g/mol. The Morgan fingerprint density at radius 1 is 0.636 bits per heavy atom. The van der Waals surface area contributed by atoms with E-state index in [0.29, 0.717) is 0 Å². The minimum Gasteiger partial charge on any atom is -0.456 e. The van der Waals surface area contributed by atoms with E-state index >= 15 is 0 Å². The van der Waals surface area contributed by atoms with Crippen molar-refractivity contribution in [2.24, 2.45) is 0 Å². The standard InChI is InChI=1S/C28H17NO.C3H8.H2/c1-2-7-18-15-25-24(14-17(18)6-1)23-10-5-9-20(28(23)29-25)19-12-13-22-21-8-3-4-11-26(21)30-27(22)16-19;1-3-2;/h1-16,29H;3H2,1-2H3;1H. The summed E-state index contributed by atoms with van der Waals surface area (Å²) in [6, 6.07) is 34.3. The van der Waals surface area contributed by atoms with Gasteiger partial charge in [-0.15, -0.1) is 0 Å². The Morgan fingerprint density at radius 2 is 1.33 bits per heavy atom. The maximum Gasteiger partial charge on any atom is 0.136 e. The molecule has 0 saturated carbocycles. The van der Waals surface area contributed by atoms with Crippen LogP contribution in [0, 0.1) is 0 Å². The summed E-state index contributed by atoms with van der Waals surface area (Å²) in [5.74, 6) is 0. The van der Waals surface area contributed by atoms with Crippen LogP contribution in [0.1, 0.15) is 21.7 Å². The number of fused-ring (bicyclic) bond motifs is 7. The molecule has 0 unspecified atom stereocenters. The van der Waals surface area contributed by atoms with E-state index in [4.69, 9.17) is 4.42 Å². The van der Waals surface area contributed by atoms with E-state index in [9.17, 15) is 0 Å². The number of benzene rings is 5. The molecule has 0 radical (unpaired) electrons. The minimum atomic E-state index is 0. The first kappa shape index (κ1) is 19.6. The van der Waals surface area contributed by atoms with Gasteiger partial charge in [0.2, 0.25) is 0 Å². The summed E-state index contributed by atoms with van der Waals surface area (Å²) in [5.41, 5.74) is 6.53. The Balaban J connectivity index is 0.000000574. The van der Waals surface area contributed by atoms with Crippen LogP contribution < -0.4 is 0 Å². The molecule has 0 bridgehead atoms. The van der Waals surface area contributed by atoms with Gasteiger partial charge in [-0.05, 0) is 46.7 Å². The summed E-state index contributed by atoms with van der Waals surface area (Å²) >= 11 is 0. The summed E-state index contributed by atoms with van der Waals surface area (Å²) < 4.78 is 6.13. The van der Waals surface area contributed by atoms with Crippen LogP contribution in [-0.2, 0) is 0 Å². The van der Waals surface area contributed by atoms with Crippen molar-refractivity contribution in [3.05, 3.63) is 97.1 Å². The molecule has 0 fully saturated rings. The molecular formula is C31H27NO. The van der Waals surface area contributed by atoms with E-state index in [1.165, 1.54) is 44.6 Å². The Hall–Kier alpha value is -4.04. The lowest BCUT2D eigenvalue weighted by atomic mass is 10.00. The molecule has 162 valence electrons. The Bertz CT molecular complexity index is 1770. The molecule has 0 aliphatic carbocycles. The van der Waals surface area contributed by atoms with Crippen molar-refractivity contribution >= 4 is 54.5 Å². The molecule has 2 aromatic heterocycles. The van der Waals surface area contributed by atoms with Crippen molar-refractivity contribution in [3.8, 4) is 11.1 Å². The van der Waals surface area contributed by atoms with Crippen molar-refractivity contribution in [1.29, 1.82) is 0 Å². The highest BCUT2D eigenvalue weighted by molar-refractivity contribution is 6.15. The van der Waals surface area contributed by atoms with Gasteiger partial charge in [-0.2, -0.15) is 0 Å². The van der Waals surface area contributed by atoms with E-state index in [1.54, 1.807) is 0 Å². The summed E-state index contributed by atoms with van der Waals surface area (Å²) in [6.45, 7) is 4.25. The van der Waals surface area contributed by atoms with Crippen LogP contribution in [0.4, 0.5) is 0 Å². The maximum absolute atomic E-state index is 6.13. The van der Waals surface area contributed by atoms with Crippen LogP contribution in [0.15, 0.2) is 101 Å². The zero-order valence-electron chi connectivity index (χ0n) is 18.9. The molecule has 33 heavy (non-hydrogen) atoms. The smallest absolute Gasteiger partial charge is 0.136 e. The molecule has 2 heterocycles. The van der Waals surface area contributed by atoms with Gasteiger partial charge < -0.3 is 9.40 Å². The summed E-state index contributed by atoms with van der Waals surface area (Å²) in [4.78, 5) is 3.68. The van der Waals surface area contributed by atoms with Gasteiger partial charge in [0.25, 0.3) is 0 Å². The fraction of sp³-hybridized carbons (Fsp3) is 0.0968. The molecule has 0 aliphatic rings. The third kappa shape index (κ3) is 3.18. The van der Waals surface area contributed by atoms with E-state index in [0.717, 1.165) is 27.5 Å². The van der Waals surface area contributed by atoms with Crippen molar-refractivity contribution in [2.75, 3.05) is 0 Å². The molecule has 0 spiro atoms. The van der Waals surface area contributed by atoms with Crippen LogP contribution in [0.25, 0.3) is 65.6 Å². The topological polar surface area (TPSA) is 28.9 Å². The normalized spacial score (nSPS) is 11.5. The lowest BCUT2D eigenvalue weighted by Gasteiger charge is -2.04. The Kier molecular flexibility index (Phi) is 4.66. The van der Waals surface area contributed by atoms with Gasteiger partial charge in [-0.3, -0.25) is 0 Å². The third-order valence-corrected chi connectivity index (χ3v) is 6.19. The van der Waals surface area contributed by atoms with Crippen molar-refractivity contribution < 1.29 is 5.84 Å². The molecule has 1 N–H and O–H groups in total. The van der Waals surface area contributed by atoms with Crippen LogP contribution in [0.5, 0.6) is 0 Å². The molecule has 7 aromatic rings. The van der Waals surface area contributed by atoms with Gasteiger partial charge in [-0.1, -0.05) is 87.0 Å². The number of aromatic amines is 1. The van der Waals surface area contributed by atoms with Gasteiger partial charge in [0.1, 0.15) is 11.2 Å². The average Bonchev–Trinajstić information content (AvgIpc) is 3.40. The second-order valence-corrected chi connectivity index (χ2v) is 8.61. The van der Waals surface area contributed by atoms with E-state index in [2.05, 4.69) is 104 Å². The van der Waals surface area contributed by atoms with Crippen molar-refractivity contribution in [2.45, 2.75) is 20.3 Å².